The Morgan fingerprint density at radius 2 is 2.15 bits per heavy atom. The average molecular weight is 277 g/mol. The molecule has 0 aliphatic heterocycles. The van der Waals surface area contributed by atoms with Crippen LogP contribution in [0, 0.1) is 12.8 Å². The van der Waals surface area contributed by atoms with Crippen molar-refractivity contribution < 1.29 is 4.74 Å². The van der Waals surface area contributed by atoms with Crippen LogP contribution >= 0.6 is 0 Å². The molecule has 1 rings (SSSR count). The number of hydrogen-bond donors (Lipinski definition) is 0. The van der Waals surface area contributed by atoms with Crippen molar-refractivity contribution in [2.75, 3.05) is 20.2 Å². The van der Waals surface area contributed by atoms with Crippen LogP contribution in [0.4, 0.5) is 5.69 Å². The number of hydrogen-bond acceptors (Lipinski definition) is 3. The first kappa shape index (κ1) is 16.5. The van der Waals surface area contributed by atoms with Gasteiger partial charge in [0.25, 0.3) is 0 Å². The predicted octanol–water partition coefficient (Wildman–Crippen LogP) is 3.82. The van der Waals surface area contributed by atoms with E-state index >= 15 is 0 Å². The zero-order chi connectivity index (χ0) is 15.0. The fourth-order valence-corrected chi connectivity index (χ4v) is 1.66. The molecule has 1 aromatic rings. The van der Waals surface area contributed by atoms with Crippen molar-refractivity contribution >= 4 is 12.0 Å². The van der Waals surface area contributed by atoms with Gasteiger partial charge in [-0.15, -0.1) is 0 Å². The van der Waals surface area contributed by atoms with Crippen molar-refractivity contribution in [3.05, 3.63) is 17.8 Å². The van der Waals surface area contributed by atoms with Gasteiger partial charge < -0.3 is 9.64 Å². The summed E-state index contributed by atoms with van der Waals surface area (Å²) in [6, 6.07) is 3.85. The first-order valence-electron chi connectivity index (χ1n) is 7.37. The van der Waals surface area contributed by atoms with E-state index in [-0.39, 0.29) is 0 Å². The van der Waals surface area contributed by atoms with Crippen LogP contribution in [-0.2, 0) is 0 Å². The molecule has 0 aliphatic rings. The second-order valence-corrected chi connectivity index (χ2v) is 5.46. The number of aliphatic imine (C=N–C) groups is 1. The van der Waals surface area contributed by atoms with Gasteiger partial charge in [0.05, 0.1) is 24.3 Å². The van der Waals surface area contributed by atoms with Gasteiger partial charge in [-0.25, -0.2) is 9.98 Å². The number of aromatic nitrogens is 1. The largest absolute Gasteiger partial charge is 0.478 e. The van der Waals surface area contributed by atoms with E-state index in [0.717, 1.165) is 36.9 Å². The topological polar surface area (TPSA) is 37.7 Å². The smallest absolute Gasteiger partial charge is 0.213 e. The van der Waals surface area contributed by atoms with E-state index in [1.165, 1.54) is 6.42 Å². The Bertz CT molecular complexity index is 430. The summed E-state index contributed by atoms with van der Waals surface area (Å²) in [5.41, 5.74) is 1.78. The molecular weight excluding hydrogens is 250 g/mol. The Kier molecular flexibility index (Phi) is 7.05. The van der Waals surface area contributed by atoms with Crippen molar-refractivity contribution in [3.8, 4) is 5.88 Å². The van der Waals surface area contributed by atoms with E-state index in [1.54, 1.807) is 0 Å². The van der Waals surface area contributed by atoms with Gasteiger partial charge in [-0.1, -0.05) is 13.8 Å². The van der Waals surface area contributed by atoms with Gasteiger partial charge in [0, 0.05) is 19.7 Å². The van der Waals surface area contributed by atoms with Crippen molar-refractivity contribution in [1.82, 2.24) is 9.88 Å². The van der Waals surface area contributed by atoms with Crippen LogP contribution in [0.1, 0.15) is 39.3 Å². The summed E-state index contributed by atoms with van der Waals surface area (Å²) in [5, 5.41) is 0. The number of rotatable bonds is 8. The Labute approximate surface area is 122 Å². The lowest BCUT2D eigenvalue weighted by Crippen LogP contribution is -2.14. The molecule has 0 bridgehead atoms. The van der Waals surface area contributed by atoms with E-state index in [2.05, 4.69) is 30.7 Å². The normalized spacial score (nSPS) is 11.3. The zero-order valence-corrected chi connectivity index (χ0v) is 13.4. The van der Waals surface area contributed by atoms with Crippen LogP contribution in [0.5, 0.6) is 5.88 Å². The highest BCUT2D eigenvalue weighted by Crippen LogP contribution is 2.20. The summed E-state index contributed by atoms with van der Waals surface area (Å²) >= 11 is 0. The quantitative estimate of drug-likeness (QED) is 0.412. The van der Waals surface area contributed by atoms with Gasteiger partial charge in [0.15, 0.2) is 0 Å². The van der Waals surface area contributed by atoms with Crippen LogP contribution in [-0.4, -0.2) is 36.4 Å². The Balaban J connectivity index is 2.53. The monoisotopic (exact) mass is 277 g/mol. The number of nitrogens with zero attached hydrogens (tertiary/aromatic N) is 3. The number of aryl methyl sites for hydroxylation is 1. The fraction of sp³-hybridized carbons (Fsp3) is 0.625. The van der Waals surface area contributed by atoms with Crippen molar-refractivity contribution in [2.24, 2.45) is 10.9 Å². The maximum absolute atomic E-state index is 5.67. The summed E-state index contributed by atoms with van der Waals surface area (Å²) in [6.07, 6.45) is 4.08. The highest BCUT2D eigenvalue weighted by molar-refractivity contribution is 5.62. The highest BCUT2D eigenvalue weighted by atomic mass is 16.5. The molecule has 4 nitrogen and oxygen atoms in total. The van der Waals surface area contributed by atoms with Gasteiger partial charge in [-0.05, 0) is 38.7 Å². The molecule has 1 heterocycles. The Hall–Kier alpha value is -1.58. The third kappa shape index (κ3) is 6.04. The van der Waals surface area contributed by atoms with Crippen LogP contribution in [0.25, 0.3) is 0 Å². The average Bonchev–Trinajstić information content (AvgIpc) is 2.42. The summed E-state index contributed by atoms with van der Waals surface area (Å²) in [7, 11) is 2.00. The first-order valence-corrected chi connectivity index (χ1v) is 7.37. The molecule has 20 heavy (non-hydrogen) atoms. The third-order valence-electron chi connectivity index (χ3n) is 3.10. The molecule has 0 saturated heterocycles. The second-order valence-electron chi connectivity index (χ2n) is 5.46. The van der Waals surface area contributed by atoms with Crippen molar-refractivity contribution in [2.45, 2.75) is 40.5 Å². The summed E-state index contributed by atoms with van der Waals surface area (Å²) in [4.78, 5) is 10.9. The van der Waals surface area contributed by atoms with Crippen LogP contribution in [0.15, 0.2) is 17.1 Å². The van der Waals surface area contributed by atoms with Crippen molar-refractivity contribution in [3.63, 3.8) is 0 Å². The van der Waals surface area contributed by atoms with Gasteiger partial charge in [-0.3, -0.25) is 0 Å². The van der Waals surface area contributed by atoms with Gasteiger partial charge >= 0.3 is 0 Å². The molecule has 0 radical (unpaired) electrons. The lowest BCUT2D eigenvalue weighted by Gasteiger charge is -2.10. The van der Waals surface area contributed by atoms with E-state index in [9.17, 15) is 0 Å². The molecule has 0 atom stereocenters. The summed E-state index contributed by atoms with van der Waals surface area (Å²) in [6.45, 7) is 10.2. The maximum Gasteiger partial charge on any atom is 0.213 e. The van der Waals surface area contributed by atoms with Crippen molar-refractivity contribution in [1.29, 1.82) is 0 Å². The lowest BCUT2D eigenvalue weighted by atomic mass is 10.1. The van der Waals surface area contributed by atoms with E-state index in [0.29, 0.717) is 5.88 Å². The molecule has 0 amide bonds. The second kappa shape index (κ2) is 8.56. The molecule has 0 aliphatic carbocycles. The molecule has 0 saturated carbocycles. The molecular formula is C16H27N3O. The molecule has 0 aromatic carbocycles. The maximum atomic E-state index is 5.67. The Morgan fingerprint density at radius 3 is 2.75 bits per heavy atom. The number of ether oxygens (including phenoxy) is 1. The first-order chi connectivity index (χ1) is 9.52. The van der Waals surface area contributed by atoms with E-state index < -0.39 is 0 Å². The minimum atomic E-state index is 0.689. The summed E-state index contributed by atoms with van der Waals surface area (Å²) < 4.78 is 5.67. The van der Waals surface area contributed by atoms with E-state index in [1.807, 2.05) is 37.3 Å². The third-order valence-corrected chi connectivity index (χ3v) is 3.10. The summed E-state index contributed by atoms with van der Waals surface area (Å²) in [5.74, 6) is 1.41. The highest BCUT2D eigenvalue weighted by Gasteiger charge is 2.02. The molecule has 1 aromatic heterocycles. The minimum Gasteiger partial charge on any atom is -0.478 e. The Morgan fingerprint density at radius 1 is 1.40 bits per heavy atom. The minimum absolute atomic E-state index is 0.689. The molecule has 0 unspecified atom stereocenters. The molecule has 0 N–H and O–H groups in total. The van der Waals surface area contributed by atoms with Crippen LogP contribution in [0.2, 0.25) is 0 Å². The standard InChI is InChI=1S/C16H27N3O/c1-6-19(5)12-17-15-9-10-16(18-14(15)4)20-11-7-8-13(2)3/h9-10,12-13H,6-8,11H2,1-5H3. The number of pyridine rings is 1. The molecule has 4 heteroatoms. The van der Waals surface area contributed by atoms with Gasteiger partial charge in [0.1, 0.15) is 0 Å². The molecule has 0 fully saturated rings. The molecule has 0 spiro atoms. The predicted molar refractivity (Wildman–Crippen MR) is 85.0 cm³/mol. The van der Waals surface area contributed by atoms with Gasteiger partial charge in [0.2, 0.25) is 5.88 Å². The zero-order valence-electron chi connectivity index (χ0n) is 13.4. The van der Waals surface area contributed by atoms with Gasteiger partial charge in [-0.2, -0.15) is 0 Å². The SMILES string of the molecule is CCN(C)C=Nc1ccc(OCCCC(C)C)nc1C. The fourth-order valence-electron chi connectivity index (χ4n) is 1.66. The van der Waals surface area contributed by atoms with Crippen LogP contribution in [0.3, 0.4) is 0 Å². The molecule has 112 valence electrons. The van der Waals surface area contributed by atoms with E-state index in [4.69, 9.17) is 4.74 Å². The lowest BCUT2D eigenvalue weighted by molar-refractivity contribution is 0.287. The van der Waals surface area contributed by atoms with Crippen LogP contribution < -0.4 is 4.74 Å².